The van der Waals surface area contributed by atoms with Crippen molar-refractivity contribution in [3.05, 3.63) is 36.0 Å². The summed E-state index contributed by atoms with van der Waals surface area (Å²) >= 11 is 0. The third-order valence-electron chi connectivity index (χ3n) is 4.23. The summed E-state index contributed by atoms with van der Waals surface area (Å²) in [6, 6.07) is 11.3. The number of nitrogens with one attached hydrogen (secondary N) is 1. The van der Waals surface area contributed by atoms with Crippen molar-refractivity contribution in [3.8, 4) is 0 Å². The van der Waals surface area contributed by atoms with E-state index in [4.69, 9.17) is 4.98 Å². The highest BCUT2D eigenvalue weighted by atomic mass is 15.3. The predicted molar refractivity (Wildman–Crippen MR) is 88.8 cm³/mol. The molecule has 4 nitrogen and oxygen atoms in total. The quantitative estimate of drug-likeness (QED) is 0.935. The number of hydrogen-bond acceptors (Lipinski definition) is 4. The SMILES string of the molecule is CNCc1cc2ccccc2c(N2CCN(C)CC2C)n1. The van der Waals surface area contributed by atoms with Crippen LogP contribution in [0.2, 0.25) is 0 Å². The Morgan fingerprint density at radius 1 is 1.29 bits per heavy atom. The molecule has 0 saturated carbocycles. The molecule has 1 N–H and O–H groups in total. The number of aromatic nitrogens is 1. The first-order chi connectivity index (χ1) is 10.2. The first-order valence-electron chi connectivity index (χ1n) is 7.67. The molecule has 1 saturated heterocycles. The van der Waals surface area contributed by atoms with Gasteiger partial charge in [-0.3, -0.25) is 0 Å². The summed E-state index contributed by atoms with van der Waals surface area (Å²) in [6.45, 7) is 6.32. The number of hydrogen-bond donors (Lipinski definition) is 1. The Balaban J connectivity index is 2.07. The molecule has 1 fully saturated rings. The van der Waals surface area contributed by atoms with Crippen LogP contribution in [0.5, 0.6) is 0 Å². The summed E-state index contributed by atoms with van der Waals surface area (Å²) < 4.78 is 0. The van der Waals surface area contributed by atoms with Crippen molar-refractivity contribution >= 4 is 16.6 Å². The molecule has 4 heteroatoms. The van der Waals surface area contributed by atoms with Gasteiger partial charge in [0.2, 0.25) is 0 Å². The van der Waals surface area contributed by atoms with Crippen molar-refractivity contribution in [3.63, 3.8) is 0 Å². The molecule has 2 aromatic rings. The lowest BCUT2D eigenvalue weighted by Gasteiger charge is -2.39. The number of likely N-dealkylation sites (N-methyl/N-ethyl adjacent to an activating group) is 1. The molecule has 1 atom stereocenters. The third kappa shape index (κ3) is 2.87. The number of nitrogens with zero attached hydrogens (tertiary/aromatic N) is 3. The van der Waals surface area contributed by atoms with Crippen LogP contribution < -0.4 is 10.2 Å². The molecule has 1 unspecified atom stereocenters. The van der Waals surface area contributed by atoms with Gasteiger partial charge in [0, 0.05) is 37.6 Å². The number of benzene rings is 1. The van der Waals surface area contributed by atoms with Crippen LogP contribution in [0.1, 0.15) is 12.6 Å². The van der Waals surface area contributed by atoms with Crippen LogP contribution in [-0.2, 0) is 6.54 Å². The molecule has 0 aliphatic carbocycles. The van der Waals surface area contributed by atoms with Gasteiger partial charge < -0.3 is 15.1 Å². The minimum atomic E-state index is 0.490. The van der Waals surface area contributed by atoms with Crippen molar-refractivity contribution in [1.29, 1.82) is 0 Å². The second-order valence-corrected chi connectivity index (χ2v) is 5.99. The van der Waals surface area contributed by atoms with Crippen LogP contribution in [-0.4, -0.2) is 49.7 Å². The summed E-state index contributed by atoms with van der Waals surface area (Å²) in [4.78, 5) is 9.78. The zero-order valence-electron chi connectivity index (χ0n) is 13.1. The van der Waals surface area contributed by atoms with Gasteiger partial charge in [0.25, 0.3) is 0 Å². The summed E-state index contributed by atoms with van der Waals surface area (Å²) in [5.41, 5.74) is 1.11. The predicted octanol–water partition coefficient (Wildman–Crippen LogP) is 2.09. The lowest BCUT2D eigenvalue weighted by atomic mass is 10.1. The minimum Gasteiger partial charge on any atom is -0.351 e. The molecular formula is C17H24N4. The Morgan fingerprint density at radius 3 is 2.86 bits per heavy atom. The largest absolute Gasteiger partial charge is 0.351 e. The Bertz CT molecular complexity index is 625. The van der Waals surface area contributed by atoms with Crippen LogP contribution in [0, 0.1) is 0 Å². The fraction of sp³-hybridized carbons (Fsp3) is 0.471. The van der Waals surface area contributed by atoms with Crippen molar-refractivity contribution in [2.75, 3.05) is 38.6 Å². The van der Waals surface area contributed by atoms with Gasteiger partial charge in [-0.05, 0) is 32.5 Å². The summed E-state index contributed by atoms with van der Waals surface area (Å²) in [5.74, 6) is 1.14. The zero-order chi connectivity index (χ0) is 14.8. The molecule has 0 amide bonds. The standard InChI is InChI=1S/C17H24N4/c1-13-12-20(3)8-9-21(13)17-16-7-5-4-6-14(16)10-15(19-17)11-18-2/h4-7,10,13,18H,8-9,11-12H2,1-3H3. The fourth-order valence-corrected chi connectivity index (χ4v) is 3.18. The van der Waals surface area contributed by atoms with E-state index in [1.807, 2.05) is 7.05 Å². The lowest BCUT2D eigenvalue weighted by Crippen LogP contribution is -2.51. The van der Waals surface area contributed by atoms with Gasteiger partial charge in [-0.2, -0.15) is 0 Å². The monoisotopic (exact) mass is 284 g/mol. The fourth-order valence-electron chi connectivity index (χ4n) is 3.18. The van der Waals surface area contributed by atoms with Crippen LogP contribution in [0.3, 0.4) is 0 Å². The zero-order valence-corrected chi connectivity index (χ0v) is 13.1. The van der Waals surface area contributed by atoms with E-state index in [2.05, 4.69) is 59.4 Å². The summed E-state index contributed by atoms with van der Waals surface area (Å²) in [7, 11) is 4.16. The topological polar surface area (TPSA) is 31.4 Å². The molecule has 0 spiro atoms. The maximum atomic E-state index is 4.93. The van der Waals surface area contributed by atoms with E-state index in [1.165, 1.54) is 10.8 Å². The van der Waals surface area contributed by atoms with Crippen LogP contribution in [0.25, 0.3) is 10.8 Å². The summed E-state index contributed by atoms with van der Waals surface area (Å²) in [5, 5.41) is 5.74. The molecule has 112 valence electrons. The van der Waals surface area contributed by atoms with Gasteiger partial charge in [-0.1, -0.05) is 24.3 Å². The van der Waals surface area contributed by atoms with Gasteiger partial charge in [0.05, 0.1) is 5.69 Å². The Labute approximate surface area is 126 Å². The van der Waals surface area contributed by atoms with Crippen molar-refractivity contribution in [2.45, 2.75) is 19.5 Å². The van der Waals surface area contributed by atoms with Crippen LogP contribution >= 0.6 is 0 Å². The van der Waals surface area contributed by atoms with Gasteiger partial charge in [-0.15, -0.1) is 0 Å². The van der Waals surface area contributed by atoms with E-state index < -0.39 is 0 Å². The molecule has 1 aromatic heterocycles. The maximum Gasteiger partial charge on any atom is 0.137 e. The number of fused-ring (bicyclic) bond motifs is 1. The third-order valence-corrected chi connectivity index (χ3v) is 4.23. The first kappa shape index (κ1) is 14.3. The summed E-state index contributed by atoms with van der Waals surface area (Å²) in [6.07, 6.45) is 0. The second kappa shape index (κ2) is 6.00. The van der Waals surface area contributed by atoms with Gasteiger partial charge in [-0.25, -0.2) is 4.98 Å². The van der Waals surface area contributed by atoms with E-state index in [-0.39, 0.29) is 0 Å². The Morgan fingerprint density at radius 2 is 2.10 bits per heavy atom. The molecule has 1 aliphatic rings. The average molecular weight is 284 g/mol. The van der Waals surface area contributed by atoms with Crippen molar-refractivity contribution < 1.29 is 0 Å². The molecular weight excluding hydrogens is 260 g/mol. The average Bonchev–Trinajstić information content (AvgIpc) is 2.47. The van der Waals surface area contributed by atoms with E-state index in [0.717, 1.165) is 37.7 Å². The first-order valence-corrected chi connectivity index (χ1v) is 7.67. The highest BCUT2D eigenvalue weighted by Gasteiger charge is 2.24. The molecule has 2 heterocycles. The number of rotatable bonds is 3. The Hall–Kier alpha value is -1.65. The molecule has 0 bridgehead atoms. The van der Waals surface area contributed by atoms with Crippen LogP contribution in [0.4, 0.5) is 5.82 Å². The van der Waals surface area contributed by atoms with Gasteiger partial charge >= 0.3 is 0 Å². The highest BCUT2D eigenvalue weighted by Crippen LogP contribution is 2.28. The minimum absolute atomic E-state index is 0.490. The molecule has 0 radical (unpaired) electrons. The Kier molecular flexibility index (Phi) is 4.08. The number of pyridine rings is 1. The molecule has 1 aromatic carbocycles. The van der Waals surface area contributed by atoms with E-state index in [9.17, 15) is 0 Å². The van der Waals surface area contributed by atoms with E-state index in [1.54, 1.807) is 0 Å². The van der Waals surface area contributed by atoms with E-state index in [0.29, 0.717) is 6.04 Å². The molecule has 21 heavy (non-hydrogen) atoms. The van der Waals surface area contributed by atoms with Gasteiger partial charge in [0.1, 0.15) is 5.82 Å². The second-order valence-electron chi connectivity index (χ2n) is 5.99. The molecule has 3 rings (SSSR count). The smallest absolute Gasteiger partial charge is 0.137 e. The van der Waals surface area contributed by atoms with Crippen LogP contribution in [0.15, 0.2) is 30.3 Å². The normalized spacial score (nSPS) is 20.1. The van der Waals surface area contributed by atoms with Crippen molar-refractivity contribution in [2.24, 2.45) is 0 Å². The number of piperazine rings is 1. The maximum absolute atomic E-state index is 4.93. The van der Waals surface area contributed by atoms with E-state index >= 15 is 0 Å². The van der Waals surface area contributed by atoms with Gasteiger partial charge in [0.15, 0.2) is 0 Å². The molecule has 1 aliphatic heterocycles. The highest BCUT2D eigenvalue weighted by molar-refractivity contribution is 5.92. The van der Waals surface area contributed by atoms with Crippen molar-refractivity contribution in [1.82, 2.24) is 15.2 Å². The number of anilines is 1. The lowest BCUT2D eigenvalue weighted by molar-refractivity contribution is 0.275.